The normalized spacial score (nSPS) is 15.4. The number of aryl methyl sites for hydroxylation is 1. The van der Waals surface area contributed by atoms with Crippen LogP contribution in [-0.2, 0) is 5.41 Å². The Balaban J connectivity index is 1.76. The highest BCUT2D eigenvalue weighted by Crippen LogP contribution is 2.42. The first-order valence-electron chi connectivity index (χ1n) is 9.42. The van der Waals surface area contributed by atoms with Gasteiger partial charge in [0.25, 0.3) is 0 Å². The summed E-state index contributed by atoms with van der Waals surface area (Å²) in [5, 5.41) is 8.85. The molecule has 0 N–H and O–H groups in total. The van der Waals surface area contributed by atoms with E-state index in [0.717, 1.165) is 17.8 Å². The molecule has 0 saturated heterocycles. The van der Waals surface area contributed by atoms with Crippen molar-refractivity contribution in [2.75, 3.05) is 0 Å². The minimum atomic E-state index is 0.124. The molecule has 2 nitrogen and oxygen atoms in total. The van der Waals surface area contributed by atoms with Gasteiger partial charge in [0, 0.05) is 0 Å². The molecule has 134 valence electrons. The van der Waals surface area contributed by atoms with Crippen LogP contribution >= 0.6 is 0 Å². The van der Waals surface area contributed by atoms with E-state index in [1.807, 2.05) is 30.3 Å². The monoisotopic (exact) mass is 352 g/mol. The van der Waals surface area contributed by atoms with Gasteiger partial charge in [-0.3, -0.25) is 0 Å². The van der Waals surface area contributed by atoms with Crippen LogP contribution in [0.4, 0.5) is 11.4 Å². The number of allylic oxidation sites excluding steroid dienone is 1. The molecule has 0 bridgehead atoms. The second kappa shape index (κ2) is 6.96. The minimum Gasteiger partial charge on any atom is -0.151 e. The average Bonchev–Trinajstić information content (AvgIpc) is 2.68. The third-order valence-electron chi connectivity index (χ3n) is 5.24. The Kier molecular flexibility index (Phi) is 4.49. The molecule has 27 heavy (non-hydrogen) atoms. The highest BCUT2D eigenvalue weighted by atomic mass is 15.1. The van der Waals surface area contributed by atoms with Gasteiger partial charge >= 0.3 is 0 Å². The van der Waals surface area contributed by atoms with Crippen LogP contribution < -0.4 is 0 Å². The summed E-state index contributed by atoms with van der Waals surface area (Å²) < 4.78 is 0. The zero-order chi connectivity index (χ0) is 18.9. The number of fused-ring (bicyclic) bond motifs is 1. The molecule has 0 unspecified atom stereocenters. The maximum atomic E-state index is 4.47. The van der Waals surface area contributed by atoms with Gasteiger partial charge in [-0.1, -0.05) is 74.0 Å². The van der Waals surface area contributed by atoms with Crippen molar-refractivity contribution in [3.8, 4) is 0 Å². The van der Waals surface area contributed by atoms with E-state index in [9.17, 15) is 0 Å². The van der Waals surface area contributed by atoms with Crippen molar-refractivity contribution in [2.24, 2.45) is 10.2 Å². The Bertz CT molecular complexity index is 1010. The van der Waals surface area contributed by atoms with Crippen molar-refractivity contribution in [3.63, 3.8) is 0 Å². The highest BCUT2D eigenvalue weighted by Gasteiger charge is 2.28. The van der Waals surface area contributed by atoms with E-state index in [4.69, 9.17) is 0 Å². The van der Waals surface area contributed by atoms with Crippen LogP contribution in [0.25, 0.3) is 5.57 Å². The third kappa shape index (κ3) is 3.61. The van der Waals surface area contributed by atoms with Gasteiger partial charge < -0.3 is 0 Å². The largest absolute Gasteiger partial charge is 0.151 e. The van der Waals surface area contributed by atoms with Gasteiger partial charge in [0.1, 0.15) is 0 Å². The van der Waals surface area contributed by atoms with E-state index in [0.29, 0.717) is 0 Å². The Morgan fingerprint density at radius 3 is 2.22 bits per heavy atom. The van der Waals surface area contributed by atoms with E-state index in [2.05, 4.69) is 79.5 Å². The second-order valence-electron chi connectivity index (χ2n) is 7.84. The van der Waals surface area contributed by atoms with Gasteiger partial charge in [-0.05, 0) is 65.3 Å². The lowest BCUT2D eigenvalue weighted by Crippen LogP contribution is -2.21. The van der Waals surface area contributed by atoms with Gasteiger partial charge in [-0.25, -0.2) is 0 Å². The first kappa shape index (κ1) is 17.4. The lowest BCUT2D eigenvalue weighted by Gasteiger charge is -2.32. The predicted octanol–water partition coefficient (Wildman–Crippen LogP) is 7.52. The van der Waals surface area contributed by atoms with E-state index in [1.165, 1.54) is 27.8 Å². The maximum absolute atomic E-state index is 4.47. The van der Waals surface area contributed by atoms with Crippen molar-refractivity contribution in [2.45, 2.75) is 32.6 Å². The van der Waals surface area contributed by atoms with E-state index in [1.54, 1.807) is 0 Å². The number of nitrogens with zero attached hydrogens (tertiary/aromatic N) is 2. The van der Waals surface area contributed by atoms with Gasteiger partial charge in [-0.15, -0.1) is 0 Å². The lowest BCUT2D eigenvalue weighted by molar-refractivity contribution is 0.527. The summed E-state index contributed by atoms with van der Waals surface area (Å²) in [5.74, 6) is 0. The van der Waals surface area contributed by atoms with Gasteiger partial charge in [0.2, 0.25) is 0 Å². The molecule has 0 saturated carbocycles. The van der Waals surface area contributed by atoms with Crippen LogP contribution in [0.5, 0.6) is 0 Å². The SMILES string of the molecule is Cc1ccc(C2=CCC(C)(C)c3ccc(N=Nc4ccccc4)cc32)cc1. The van der Waals surface area contributed by atoms with E-state index < -0.39 is 0 Å². The zero-order valence-corrected chi connectivity index (χ0v) is 16.1. The molecule has 0 spiro atoms. The van der Waals surface area contributed by atoms with Crippen LogP contribution in [0.15, 0.2) is 89.1 Å². The standard InChI is InChI=1S/C25H24N2/c1-18-9-11-19(12-10-18)22-15-16-25(2,3)24-14-13-21(17-23(22)24)27-26-20-7-5-4-6-8-20/h4-15,17H,16H2,1-3H3. The first-order valence-corrected chi connectivity index (χ1v) is 9.42. The quantitative estimate of drug-likeness (QED) is 0.435. The molecule has 0 fully saturated rings. The van der Waals surface area contributed by atoms with Crippen LogP contribution in [-0.4, -0.2) is 0 Å². The summed E-state index contributed by atoms with van der Waals surface area (Å²) in [6.45, 7) is 6.73. The zero-order valence-electron chi connectivity index (χ0n) is 16.1. The topological polar surface area (TPSA) is 24.7 Å². The Morgan fingerprint density at radius 1 is 0.778 bits per heavy atom. The van der Waals surface area contributed by atoms with Crippen LogP contribution in [0.3, 0.4) is 0 Å². The summed E-state index contributed by atoms with van der Waals surface area (Å²) in [6, 6.07) is 25.1. The summed E-state index contributed by atoms with van der Waals surface area (Å²) in [7, 11) is 0. The molecule has 0 amide bonds. The van der Waals surface area contributed by atoms with E-state index in [-0.39, 0.29) is 5.41 Å². The summed E-state index contributed by atoms with van der Waals surface area (Å²) >= 11 is 0. The molecule has 0 heterocycles. The number of benzene rings is 3. The fourth-order valence-electron chi connectivity index (χ4n) is 3.60. The molecule has 0 radical (unpaired) electrons. The van der Waals surface area contributed by atoms with Gasteiger partial charge in [0.05, 0.1) is 11.4 Å². The molecule has 2 heteroatoms. The molecule has 3 aromatic carbocycles. The van der Waals surface area contributed by atoms with Crippen molar-refractivity contribution < 1.29 is 0 Å². The molecular weight excluding hydrogens is 328 g/mol. The Labute approximate surface area is 161 Å². The fraction of sp³-hybridized carbons (Fsp3) is 0.200. The van der Waals surface area contributed by atoms with Gasteiger partial charge in [-0.2, -0.15) is 10.2 Å². The average molecular weight is 352 g/mol. The lowest BCUT2D eigenvalue weighted by atomic mass is 9.72. The maximum Gasteiger partial charge on any atom is 0.0863 e. The Hall–Kier alpha value is -3.00. The van der Waals surface area contributed by atoms with Crippen molar-refractivity contribution in [1.29, 1.82) is 0 Å². The van der Waals surface area contributed by atoms with Crippen molar-refractivity contribution >= 4 is 16.9 Å². The Morgan fingerprint density at radius 2 is 1.48 bits per heavy atom. The second-order valence-corrected chi connectivity index (χ2v) is 7.84. The van der Waals surface area contributed by atoms with Crippen LogP contribution in [0.1, 0.15) is 42.5 Å². The number of hydrogen-bond acceptors (Lipinski definition) is 2. The molecule has 1 aliphatic rings. The smallest absolute Gasteiger partial charge is 0.0863 e. The van der Waals surface area contributed by atoms with Crippen molar-refractivity contribution in [1.82, 2.24) is 0 Å². The minimum absolute atomic E-state index is 0.124. The summed E-state index contributed by atoms with van der Waals surface area (Å²) in [6.07, 6.45) is 3.40. The molecule has 1 aliphatic carbocycles. The van der Waals surface area contributed by atoms with Crippen LogP contribution in [0.2, 0.25) is 0 Å². The third-order valence-corrected chi connectivity index (χ3v) is 5.24. The molecule has 0 atom stereocenters. The predicted molar refractivity (Wildman–Crippen MR) is 113 cm³/mol. The number of hydrogen-bond donors (Lipinski definition) is 0. The molecule has 3 aromatic rings. The fourth-order valence-corrected chi connectivity index (χ4v) is 3.60. The highest BCUT2D eigenvalue weighted by molar-refractivity contribution is 5.84. The first-order chi connectivity index (χ1) is 13.0. The van der Waals surface area contributed by atoms with E-state index >= 15 is 0 Å². The molecule has 4 rings (SSSR count). The molecule has 0 aliphatic heterocycles. The van der Waals surface area contributed by atoms with Crippen molar-refractivity contribution in [3.05, 3.63) is 101 Å². The number of azo groups is 1. The summed E-state index contributed by atoms with van der Waals surface area (Å²) in [4.78, 5) is 0. The van der Waals surface area contributed by atoms with Crippen LogP contribution in [0, 0.1) is 6.92 Å². The number of rotatable bonds is 3. The molecular formula is C25H24N2. The molecule has 0 aromatic heterocycles. The summed E-state index contributed by atoms with van der Waals surface area (Å²) in [5.41, 5.74) is 8.34. The van der Waals surface area contributed by atoms with Gasteiger partial charge in [0.15, 0.2) is 0 Å².